The monoisotopic (exact) mass is 334 g/mol. The number of carbonyl (C=O) groups is 1. The number of carbonyl (C=O) groups excluding carboxylic acids is 1. The average molecular weight is 334 g/mol. The van der Waals surface area contributed by atoms with E-state index in [1.54, 1.807) is 6.20 Å². The molecule has 3 aromatic rings. The topological polar surface area (TPSA) is 55.1 Å². The first kappa shape index (κ1) is 17.0. The van der Waals surface area contributed by atoms with Crippen LogP contribution >= 0.6 is 0 Å². The van der Waals surface area contributed by atoms with Crippen LogP contribution in [0.5, 0.6) is 0 Å². The van der Waals surface area contributed by atoms with E-state index in [1.807, 2.05) is 63.2 Å². The van der Waals surface area contributed by atoms with Crippen LogP contribution in [-0.2, 0) is 11.2 Å². The summed E-state index contributed by atoms with van der Waals surface area (Å²) in [6, 6.07) is 14.1. The van der Waals surface area contributed by atoms with Crippen LogP contribution in [0.2, 0.25) is 0 Å². The fourth-order valence-electron chi connectivity index (χ4n) is 2.58. The van der Waals surface area contributed by atoms with Crippen molar-refractivity contribution in [1.29, 1.82) is 0 Å². The van der Waals surface area contributed by atoms with E-state index in [4.69, 9.17) is 4.42 Å². The van der Waals surface area contributed by atoms with E-state index in [1.165, 1.54) is 5.56 Å². The predicted molar refractivity (Wildman–Crippen MR) is 99.5 cm³/mol. The Morgan fingerprint density at radius 3 is 2.52 bits per heavy atom. The van der Waals surface area contributed by atoms with Gasteiger partial charge in [-0.3, -0.25) is 4.79 Å². The highest BCUT2D eigenvalue weighted by molar-refractivity contribution is 5.91. The van der Waals surface area contributed by atoms with Crippen molar-refractivity contribution in [2.45, 2.75) is 33.6 Å². The number of amides is 1. The Morgan fingerprint density at radius 2 is 1.76 bits per heavy atom. The number of benzene rings is 2. The number of anilines is 1. The van der Waals surface area contributed by atoms with Crippen LogP contribution in [0.1, 0.15) is 29.0 Å². The van der Waals surface area contributed by atoms with Gasteiger partial charge in [0.25, 0.3) is 0 Å². The summed E-state index contributed by atoms with van der Waals surface area (Å²) in [5.41, 5.74) is 5.22. The molecule has 0 atom stereocenters. The number of oxazole rings is 1. The highest BCUT2D eigenvalue weighted by atomic mass is 16.4. The molecule has 4 nitrogen and oxygen atoms in total. The van der Waals surface area contributed by atoms with Gasteiger partial charge in [-0.1, -0.05) is 42.0 Å². The van der Waals surface area contributed by atoms with Crippen molar-refractivity contribution in [2.75, 3.05) is 5.32 Å². The van der Waals surface area contributed by atoms with Gasteiger partial charge in [-0.2, -0.15) is 0 Å². The van der Waals surface area contributed by atoms with E-state index < -0.39 is 0 Å². The van der Waals surface area contributed by atoms with Crippen molar-refractivity contribution < 1.29 is 9.21 Å². The third-order valence-corrected chi connectivity index (χ3v) is 4.12. The molecule has 3 rings (SSSR count). The van der Waals surface area contributed by atoms with Crippen LogP contribution in [0.15, 0.2) is 53.1 Å². The van der Waals surface area contributed by atoms with Gasteiger partial charge in [0.2, 0.25) is 5.91 Å². The molecule has 0 fully saturated rings. The summed E-state index contributed by atoms with van der Waals surface area (Å²) in [6.45, 7) is 6.04. The lowest BCUT2D eigenvalue weighted by Crippen LogP contribution is -2.13. The average Bonchev–Trinajstić information content (AvgIpc) is 3.06. The number of aromatic nitrogens is 1. The maximum absolute atomic E-state index is 12.2. The lowest BCUT2D eigenvalue weighted by molar-refractivity contribution is -0.116. The number of rotatable bonds is 5. The van der Waals surface area contributed by atoms with Gasteiger partial charge >= 0.3 is 0 Å². The lowest BCUT2D eigenvalue weighted by Gasteiger charge is -2.08. The number of hydrogen-bond acceptors (Lipinski definition) is 3. The molecule has 0 aliphatic carbocycles. The zero-order valence-electron chi connectivity index (χ0n) is 14.8. The molecule has 0 bridgehead atoms. The Kier molecular flexibility index (Phi) is 4.98. The van der Waals surface area contributed by atoms with Crippen LogP contribution in [-0.4, -0.2) is 10.9 Å². The molecule has 2 aromatic carbocycles. The van der Waals surface area contributed by atoms with Crippen LogP contribution in [0.4, 0.5) is 5.69 Å². The summed E-state index contributed by atoms with van der Waals surface area (Å²) in [5, 5.41) is 2.96. The molecular weight excluding hydrogens is 312 g/mol. The molecule has 0 saturated heterocycles. The van der Waals surface area contributed by atoms with Crippen LogP contribution in [0, 0.1) is 20.8 Å². The van der Waals surface area contributed by atoms with E-state index in [9.17, 15) is 4.79 Å². The largest absolute Gasteiger partial charge is 0.441 e. The molecule has 1 amide bonds. The first-order valence-corrected chi connectivity index (χ1v) is 8.40. The molecule has 1 N–H and O–H groups in total. The van der Waals surface area contributed by atoms with E-state index >= 15 is 0 Å². The quantitative estimate of drug-likeness (QED) is 0.726. The van der Waals surface area contributed by atoms with Crippen molar-refractivity contribution >= 4 is 11.6 Å². The number of nitrogens with zero attached hydrogens (tertiary/aromatic N) is 1. The number of hydrogen-bond donors (Lipinski definition) is 1. The van der Waals surface area contributed by atoms with Gasteiger partial charge in [-0.05, 0) is 38.0 Å². The Balaban J connectivity index is 1.59. The Morgan fingerprint density at radius 1 is 1.04 bits per heavy atom. The van der Waals surface area contributed by atoms with Gasteiger partial charge in [0.05, 0.1) is 6.20 Å². The molecular formula is C21H22N2O2. The lowest BCUT2D eigenvalue weighted by atomic mass is 10.1. The van der Waals surface area contributed by atoms with Crippen molar-refractivity contribution in [2.24, 2.45) is 0 Å². The summed E-state index contributed by atoms with van der Waals surface area (Å²) < 4.78 is 5.76. The van der Waals surface area contributed by atoms with Gasteiger partial charge < -0.3 is 9.73 Å². The van der Waals surface area contributed by atoms with Crippen LogP contribution < -0.4 is 5.32 Å². The van der Waals surface area contributed by atoms with Gasteiger partial charge in [-0.25, -0.2) is 4.98 Å². The molecule has 0 saturated carbocycles. The van der Waals surface area contributed by atoms with Crippen molar-refractivity contribution in [1.82, 2.24) is 4.98 Å². The zero-order chi connectivity index (χ0) is 17.8. The number of aryl methyl sites for hydroxylation is 4. The summed E-state index contributed by atoms with van der Waals surface area (Å²) in [7, 11) is 0. The minimum absolute atomic E-state index is 0.0382. The second kappa shape index (κ2) is 7.34. The highest BCUT2D eigenvalue weighted by Gasteiger charge is 2.10. The third-order valence-electron chi connectivity index (χ3n) is 4.12. The van der Waals surface area contributed by atoms with Crippen molar-refractivity contribution in [3.63, 3.8) is 0 Å². The molecule has 0 unspecified atom stereocenters. The van der Waals surface area contributed by atoms with Crippen molar-refractivity contribution in [3.8, 4) is 11.3 Å². The molecule has 25 heavy (non-hydrogen) atoms. The van der Waals surface area contributed by atoms with Gasteiger partial charge in [0.1, 0.15) is 0 Å². The van der Waals surface area contributed by atoms with E-state index in [2.05, 4.69) is 10.3 Å². The SMILES string of the molecule is Cc1ccc(-c2cnc(CCC(=O)Nc3cc(C)ccc3C)o2)cc1. The molecule has 1 aromatic heterocycles. The minimum Gasteiger partial charge on any atom is -0.441 e. The van der Waals surface area contributed by atoms with E-state index in [0.29, 0.717) is 18.7 Å². The molecule has 128 valence electrons. The first-order valence-electron chi connectivity index (χ1n) is 8.40. The number of nitrogens with one attached hydrogen (secondary N) is 1. The molecule has 0 aliphatic rings. The maximum Gasteiger partial charge on any atom is 0.224 e. The molecule has 0 spiro atoms. The molecule has 0 aliphatic heterocycles. The Bertz CT molecular complexity index is 879. The molecule has 1 heterocycles. The summed E-state index contributed by atoms with van der Waals surface area (Å²) in [5.74, 6) is 1.26. The van der Waals surface area contributed by atoms with Gasteiger partial charge in [0.15, 0.2) is 11.7 Å². The molecule has 4 heteroatoms. The summed E-state index contributed by atoms with van der Waals surface area (Å²) >= 11 is 0. The zero-order valence-corrected chi connectivity index (χ0v) is 14.8. The summed E-state index contributed by atoms with van der Waals surface area (Å²) in [6.07, 6.45) is 2.52. The fourth-order valence-corrected chi connectivity index (χ4v) is 2.58. The van der Waals surface area contributed by atoms with Gasteiger partial charge in [-0.15, -0.1) is 0 Å². The van der Waals surface area contributed by atoms with E-state index in [-0.39, 0.29) is 5.91 Å². The fraction of sp³-hybridized carbons (Fsp3) is 0.238. The standard InChI is InChI=1S/C21H22N2O2/c1-14-5-8-17(9-6-14)19-13-22-21(25-19)11-10-20(24)23-18-12-15(2)4-7-16(18)3/h4-9,12-13H,10-11H2,1-3H3,(H,23,24). The summed E-state index contributed by atoms with van der Waals surface area (Å²) in [4.78, 5) is 16.5. The van der Waals surface area contributed by atoms with Crippen molar-refractivity contribution in [3.05, 3.63) is 71.2 Å². The third kappa shape index (κ3) is 4.35. The van der Waals surface area contributed by atoms with Crippen LogP contribution in [0.25, 0.3) is 11.3 Å². The highest BCUT2D eigenvalue weighted by Crippen LogP contribution is 2.21. The second-order valence-corrected chi connectivity index (χ2v) is 6.35. The smallest absolute Gasteiger partial charge is 0.224 e. The minimum atomic E-state index is -0.0382. The molecule has 0 radical (unpaired) electrons. The predicted octanol–water partition coefficient (Wildman–Crippen LogP) is 4.84. The normalized spacial score (nSPS) is 10.7. The first-order chi connectivity index (χ1) is 12.0. The second-order valence-electron chi connectivity index (χ2n) is 6.35. The van der Waals surface area contributed by atoms with Gasteiger partial charge in [0, 0.05) is 24.1 Å². The van der Waals surface area contributed by atoms with E-state index in [0.717, 1.165) is 28.1 Å². The Labute approximate surface area is 147 Å². The Hall–Kier alpha value is -2.88. The maximum atomic E-state index is 12.2. The van der Waals surface area contributed by atoms with Crippen LogP contribution in [0.3, 0.4) is 0 Å².